The van der Waals surface area contributed by atoms with Crippen LogP contribution in [-0.2, 0) is 4.74 Å². The number of hydrogen-bond donors (Lipinski definition) is 1. The van der Waals surface area contributed by atoms with Crippen LogP contribution in [0.5, 0.6) is 0 Å². The fourth-order valence-electron chi connectivity index (χ4n) is 2.19. The fourth-order valence-corrected chi connectivity index (χ4v) is 3.39. The Bertz CT molecular complexity index is 361. The van der Waals surface area contributed by atoms with E-state index in [2.05, 4.69) is 28.0 Å². The fraction of sp³-hybridized carbons (Fsp3) is 0.769. The molecule has 1 atom stereocenters. The Balaban J connectivity index is 1.86. The van der Waals surface area contributed by atoms with Gasteiger partial charge in [-0.05, 0) is 32.4 Å². The van der Waals surface area contributed by atoms with Gasteiger partial charge >= 0.3 is 0 Å². The van der Waals surface area contributed by atoms with Gasteiger partial charge in [-0.1, -0.05) is 0 Å². The van der Waals surface area contributed by atoms with Gasteiger partial charge < -0.3 is 14.6 Å². The van der Waals surface area contributed by atoms with Crippen LogP contribution in [0.25, 0.3) is 0 Å². The quantitative estimate of drug-likeness (QED) is 0.773. The summed E-state index contributed by atoms with van der Waals surface area (Å²) >= 11 is 2.03. The molecule has 1 unspecified atom stereocenters. The first-order chi connectivity index (χ1) is 8.81. The summed E-state index contributed by atoms with van der Waals surface area (Å²) in [5.41, 5.74) is 1.10. The van der Waals surface area contributed by atoms with Crippen LogP contribution in [0.3, 0.4) is 0 Å². The molecule has 4 nitrogen and oxygen atoms in total. The summed E-state index contributed by atoms with van der Waals surface area (Å²) in [7, 11) is 0. The first-order valence-corrected chi connectivity index (χ1v) is 7.91. The van der Waals surface area contributed by atoms with Crippen molar-refractivity contribution in [2.75, 3.05) is 36.6 Å². The molecule has 1 aromatic rings. The number of aryl methyl sites for hydroxylation is 1. The molecule has 0 aliphatic carbocycles. The van der Waals surface area contributed by atoms with Crippen molar-refractivity contribution < 1.29 is 4.74 Å². The van der Waals surface area contributed by atoms with Gasteiger partial charge in [0.2, 0.25) is 5.95 Å². The summed E-state index contributed by atoms with van der Waals surface area (Å²) in [5, 5.41) is 3.43. The van der Waals surface area contributed by atoms with E-state index in [0.29, 0.717) is 6.04 Å². The van der Waals surface area contributed by atoms with E-state index in [0.717, 1.165) is 37.8 Å². The zero-order valence-corrected chi connectivity index (χ0v) is 12.1. The van der Waals surface area contributed by atoms with Gasteiger partial charge in [-0.25, -0.2) is 4.98 Å². The lowest BCUT2D eigenvalue weighted by molar-refractivity contribution is 0.147. The molecule has 0 amide bonds. The van der Waals surface area contributed by atoms with E-state index in [1.807, 2.05) is 18.7 Å². The molecule has 18 heavy (non-hydrogen) atoms. The van der Waals surface area contributed by atoms with Crippen LogP contribution in [0.1, 0.15) is 31.5 Å². The molecule has 2 rings (SSSR count). The zero-order valence-electron chi connectivity index (χ0n) is 11.3. The molecule has 1 saturated heterocycles. The van der Waals surface area contributed by atoms with Crippen LogP contribution in [0.2, 0.25) is 0 Å². The third-order valence-electron chi connectivity index (χ3n) is 3.10. The molecule has 0 spiro atoms. The Morgan fingerprint density at radius 1 is 1.61 bits per heavy atom. The van der Waals surface area contributed by atoms with Crippen LogP contribution < -0.4 is 5.32 Å². The van der Waals surface area contributed by atoms with E-state index in [1.165, 1.54) is 17.9 Å². The first-order valence-electron chi connectivity index (χ1n) is 6.76. The lowest BCUT2D eigenvalue weighted by Gasteiger charge is -2.15. The standard InChI is InChI=1S/C13H23N3OS/c1-3-17-7-4-6-14-13-15-11(2)9-16(13)12-5-8-18-10-12/h9,12H,3-8,10H2,1-2H3,(H,14,15). The number of aromatic nitrogens is 2. The van der Waals surface area contributed by atoms with E-state index in [1.54, 1.807) is 0 Å². The topological polar surface area (TPSA) is 39.1 Å². The van der Waals surface area contributed by atoms with Crippen molar-refractivity contribution in [3.05, 3.63) is 11.9 Å². The number of anilines is 1. The smallest absolute Gasteiger partial charge is 0.203 e. The highest BCUT2D eigenvalue weighted by molar-refractivity contribution is 7.99. The molecule has 1 aliphatic rings. The average Bonchev–Trinajstić information content (AvgIpc) is 2.98. The second-order valence-electron chi connectivity index (χ2n) is 4.61. The Labute approximate surface area is 114 Å². The summed E-state index contributed by atoms with van der Waals surface area (Å²) in [6.07, 6.45) is 4.45. The normalized spacial score (nSPS) is 19.3. The van der Waals surface area contributed by atoms with Gasteiger partial charge in [-0.2, -0.15) is 11.8 Å². The summed E-state index contributed by atoms with van der Waals surface area (Å²) < 4.78 is 7.65. The van der Waals surface area contributed by atoms with Gasteiger partial charge in [0.15, 0.2) is 0 Å². The number of imidazole rings is 1. The maximum absolute atomic E-state index is 5.34. The highest BCUT2D eigenvalue weighted by atomic mass is 32.2. The molecule has 2 heterocycles. The Morgan fingerprint density at radius 2 is 2.50 bits per heavy atom. The molecule has 1 N–H and O–H groups in total. The van der Waals surface area contributed by atoms with Gasteiger partial charge in [0.1, 0.15) is 0 Å². The minimum absolute atomic E-state index is 0.616. The predicted octanol–water partition coefficient (Wildman–Crippen LogP) is 2.71. The number of nitrogens with one attached hydrogen (secondary N) is 1. The number of rotatable bonds is 7. The second kappa shape index (κ2) is 7.04. The number of hydrogen-bond acceptors (Lipinski definition) is 4. The van der Waals surface area contributed by atoms with Gasteiger partial charge in [0.05, 0.1) is 5.69 Å². The van der Waals surface area contributed by atoms with Gasteiger partial charge in [-0.3, -0.25) is 0 Å². The van der Waals surface area contributed by atoms with Crippen LogP contribution >= 0.6 is 11.8 Å². The molecule has 0 radical (unpaired) electrons. The van der Waals surface area contributed by atoms with E-state index in [-0.39, 0.29) is 0 Å². The van der Waals surface area contributed by atoms with Crippen LogP contribution in [-0.4, -0.2) is 40.8 Å². The summed E-state index contributed by atoms with van der Waals surface area (Å²) in [4.78, 5) is 4.57. The highest BCUT2D eigenvalue weighted by Crippen LogP contribution is 2.30. The molecule has 1 fully saturated rings. The van der Waals surface area contributed by atoms with E-state index in [9.17, 15) is 0 Å². The Morgan fingerprint density at radius 3 is 3.22 bits per heavy atom. The number of ether oxygens (including phenoxy) is 1. The van der Waals surface area contributed by atoms with Crippen LogP contribution in [0.4, 0.5) is 5.95 Å². The molecule has 0 saturated carbocycles. The van der Waals surface area contributed by atoms with Crippen molar-refractivity contribution in [1.82, 2.24) is 9.55 Å². The largest absolute Gasteiger partial charge is 0.382 e. The molecular formula is C13H23N3OS. The molecule has 0 aromatic carbocycles. The van der Waals surface area contributed by atoms with Crippen LogP contribution in [0.15, 0.2) is 6.20 Å². The van der Waals surface area contributed by atoms with Crippen molar-refractivity contribution in [1.29, 1.82) is 0 Å². The first kappa shape index (κ1) is 13.7. The van der Waals surface area contributed by atoms with Gasteiger partial charge in [-0.15, -0.1) is 0 Å². The molecule has 1 aromatic heterocycles. The van der Waals surface area contributed by atoms with Crippen molar-refractivity contribution in [2.24, 2.45) is 0 Å². The molecule has 102 valence electrons. The minimum atomic E-state index is 0.616. The summed E-state index contributed by atoms with van der Waals surface area (Å²) in [6, 6.07) is 0.616. The van der Waals surface area contributed by atoms with Crippen molar-refractivity contribution >= 4 is 17.7 Å². The molecular weight excluding hydrogens is 246 g/mol. The number of thioether (sulfide) groups is 1. The van der Waals surface area contributed by atoms with Crippen molar-refractivity contribution in [2.45, 2.75) is 32.7 Å². The number of nitrogens with zero attached hydrogens (tertiary/aromatic N) is 2. The predicted molar refractivity (Wildman–Crippen MR) is 77.5 cm³/mol. The van der Waals surface area contributed by atoms with Crippen LogP contribution in [0, 0.1) is 6.92 Å². The monoisotopic (exact) mass is 269 g/mol. The maximum Gasteiger partial charge on any atom is 0.203 e. The molecule has 1 aliphatic heterocycles. The lowest BCUT2D eigenvalue weighted by Crippen LogP contribution is -2.14. The second-order valence-corrected chi connectivity index (χ2v) is 5.76. The maximum atomic E-state index is 5.34. The average molecular weight is 269 g/mol. The summed E-state index contributed by atoms with van der Waals surface area (Å²) in [5.74, 6) is 3.51. The van der Waals surface area contributed by atoms with Crippen molar-refractivity contribution in [3.63, 3.8) is 0 Å². The summed E-state index contributed by atoms with van der Waals surface area (Å²) in [6.45, 7) is 6.64. The van der Waals surface area contributed by atoms with E-state index in [4.69, 9.17) is 4.74 Å². The molecule has 5 heteroatoms. The van der Waals surface area contributed by atoms with Gasteiger partial charge in [0, 0.05) is 37.8 Å². The van der Waals surface area contributed by atoms with E-state index >= 15 is 0 Å². The SMILES string of the molecule is CCOCCCNc1nc(C)cn1C1CCSC1. The molecule has 0 bridgehead atoms. The van der Waals surface area contributed by atoms with Crippen molar-refractivity contribution in [3.8, 4) is 0 Å². The Hall–Kier alpha value is -0.680. The van der Waals surface area contributed by atoms with E-state index < -0.39 is 0 Å². The third-order valence-corrected chi connectivity index (χ3v) is 4.25. The minimum Gasteiger partial charge on any atom is -0.382 e. The Kier molecular flexibility index (Phi) is 5.38. The lowest BCUT2D eigenvalue weighted by atomic mass is 10.2. The zero-order chi connectivity index (χ0) is 12.8. The highest BCUT2D eigenvalue weighted by Gasteiger charge is 2.20. The third kappa shape index (κ3) is 3.65. The van der Waals surface area contributed by atoms with Gasteiger partial charge in [0.25, 0.3) is 0 Å².